The second kappa shape index (κ2) is 5.44. The third-order valence-electron chi connectivity index (χ3n) is 2.62. The van der Waals surface area contributed by atoms with Gasteiger partial charge in [0.2, 0.25) is 5.78 Å². The molecule has 4 nitrogen and oxygen atoms in total. The molecule has 0 radical (unpaired) electrons. The Morgan fingerprint density at radius 1 is 1.37 bits per heavy atom. The first-order valence-electron chi connectivity index (χ1n) is 5.48. The predicted molar refractivity (Wildman–Crippen MR) is 70.6 cm³/mol. The van der Waals surface area contributed by atoms with Crippen molar-refractivity contribution in [2.75, 3.05) is 0 Å². The number of hydrogen-bond donors (Lipinski definition) is 0. The topological polar surface area (TPSA) is 52.0 Å². The maximum atomic E-state index is 13.6. The van der Waals surface area contributed by atoms with E-state index in [9.17, 15) is 14.0 Å². The second-order valence-corrected chi connectivity index (χ2v) is 4.92. The van der Waals surface area contributed by atoms with Crippen LogP contribution >= 0.6 is 15.9 Å². The zero-order valence-corrected chi connectivity index (χ0v) is 11.6. The molecule has 2 aromatic rings. The SMILES string of the molecule is Cn1ccnc1C(=O)CC(=O)c1ccc(Br)cc1F. The highest BCUT2D eigenvalue weighted by atomic mass is 79.9. The lowest BCUT2D eigenvalue weighted by Gasteiger charge is -2.03. The van der Waals surface area contributed by atoms with Crippen molar-refractivity contribution >= 4 is 27.5 Å². The van der Waals surface area contributed by atoms with Crippen molar-refractivity contribution in [2.24, 2.45) is 7.05 Å². The van der Waals surface area contributed by atoms with Gasteiger partial charge in [0.15, 0.2) is 11.6 Å². The Hall–Kier alpha value is -1.82. The fraction of sp³-hybridized carbons (Fsp3) is 0.154. The van der Waals surface area contributed by atoms with E-state index >= 15 is 0 Å². The van der Waals surface area contributed by atoms with E-state index in [4.69, 9.17) is 0 Å². The molecular formula is C13H10BrFN2O2. The van der Waals surface area contributed by atoms with Gasteiger partial charge in [-0.3, -0.25) is 9.59 Å². The zero-order chi connectivity index (χ0) is 14.0. The molecule has 0 N–H and O–H groups in total. The summed E-state index contributed by atoms with van der Waals surface area (Å²) in [4.78, 5) is 27.6. The molecule has 0 saturated carbocycles. The molecule has 0 saturated heterocycles. The zero-order valence-electron chi connectivity index (χ0n) is 10.1. The van der Waals surface area contributed by atoms with E-state index < -0.39 is 23.8 Å². The maximum absolute atomic E-state index is 13.6. The minimum Gasteiger partial charge on any atom is -0.332 e. The summed E-state index contributed by atoms with van der Waals surface area (Å²) in [6.07, 6.45) is 2.68. The van der Waals surface area contributed by atoms with Crippen LogP contribution in [0.4, 0.5) is 4.39 Å². The maximum Gasteiger partial charge on any atom is 0.205 e. The number of hydrogen-bond acceptors (Lipinski definition) is 3. The summed E-state index contributed by atoms with van der Waals surface area (Å²) in [6, 6.07) is 4.10. The van der Waals surface area contributed by atoms with Crippen LogP contribution in [0.2, 0.25) is 0 Å². The van der Waals surface area contributed by atoms with Crippen molar-refractivity contribution in [1.29, 1.82) is 0 Å². The Morgan fingerprint density at radius 3 is 2.68 bits per heavy atom. The quantitative estimate of drug-likeness (QED) is 0.642. The fourth-order valence-electron chi connectivity index (χ4n) is 1.67. The minimum absolute atomic E-state index is 0.0919. The average molecular weight is 325 g/mol. The van der Waals surface area contributed by atoms with Crippen LogP contribution in [0.25, 0.3) is 0 Å². The van der Waals surface area contributed by atoms with Crippen molar-refractivity contribution < 1.29 is 14.0 Å². The Kier molecular flexibility index (Phi) is 3.90. The number of imidazole rings is 1. The standard InChI is InChI=1S/C13H10BrFN2O2/c1-17-5-4-16-13(17)12(19)7-11(18)9-3-2-8(14)6-10(9)15/h2-6H,7H2,1H3. The van der Waals surface area contributed by atoms with E-state index in [1.165, 1.54) is 22.9 Å². The lowest BCUT2D eigenvalue weighted by Crippen LogP contribution is -2.13. The van der Waals surface area contributed by atoms with Gasteiger partial charge in [-0.1, -0.05) is 15.9 Å². The van der Waals surface area contributed by atoms with E-state index in [1.807, 2.05) is 0 Å². The van der Waals surface area contributed by atoms with Crippen LogP contribution in [0.3, 0.4) is 0 Å². The van der Waals surface area contributed by atoms with Gasteiger partial charge in [-0.15, -0.1) is 0 Å². The molecule has 0 aliphatic rings. The van der Waals surface area contributed by atoms with Gasteiger partial charge >= 0.3 is 0 Å². The molecule has 0 amide bonds. The molecule has 19 heavy (non-hydrogen) atoms. The molecule has 1 aromatic heterocycles. The first kappa shape index (κ1) is 13.6. The molecule has 98 valence electrons. The van der Waals surface area contributed by atoms with Crippen LogP contribution in [0, 0.1) is 5.82 Å². The molecule has 0 aliphatic carbocycles. The van der Waals surface area contributed by atoms with Gasteiger partial charge in [-0.05, 0) is 18.2 Å². The molecule has 0 spiro atoms. The molecule has 0 fully saturated rings. The van der Waals surface area contributed by atoms with Crippen molar-refractivity contribution in [1.82, 2.24) is 9.55 Å². The van der Waals surface area contributed by atoms with Crippen molar-refractivity contribution in [3.63, 3.8) is 0 Å². The van der Waals surface area contributed by atoms with Gasteiger partial charge in [0.1, 0.15) is 5.82 Å². The third kappa shape index (κ3) is 2.96. The molecule has 1 aromatic carbocycles. The number of aryl methyl sites for hydroxylation is 1. The number of halogens is 2. The number of carbonyl (C=O) groups is 2. The summed E-state index contributed by atoms with van der Waals surface area (Å²) in [5.41, 5.74) is -0.0919. The Morgan fingerprint density at radius 2 is 2.11 bits per heavy atom. The Bertz CT molecular complexity index is 652. The van der Waals surface area contributed by atoms with E-state index in [-0.39, 0.29) is 11.4 Å². The number of aromatic nitrogens is 2. The average Bonchev–Trinajstić information content (AvgIpc) is 2.75. The van der Waals surface area contributed by atoms with Gasteiger partial charge in [-0.2, -0.15) is 0 Å². The van der Waals surface area contributed by atoms with Gasteiger partial charge in [0.05, 0.1) is 12.0 Å². The first-order chi connectivity index (χ1) is 8.99. The van der Waals surface area contributed by atoms with E-state index in [0.717, 1.165) is 0 Å². The van der Waals surface area contributed by atoms with Crippen LogP contribution in [0.15, 0.2) is 35.1 Å². The number of Topliss-reactive ketones (excluding diaryl/α,β-unsaturated/α-hetero) is 2. The number of carbonyl (C=O) groups excluding carboxylic acids is 2. The van der Waals surface area contributed by atoms with Crippen molar-refractivity contribution in [3.05, 3.63) is 52.3 Å². The predicted octanol–water partition coefficient (Wildman–Crippen LogP) is 2.78. The van der Waals surface area contributed by atoms with Gasteiger partial charge < -0.3 is 4.57 Å². The number of benzene rings is 1. The van der Waals surface area contributed by atoms with Crippen molar-refractivity contribution in [3.8, 4) is 0 Å². The molecule has 0 aliphatic heterocycles. The van der Waals surface area contributed by atoms with E-state index in [2.05, 4.69) is 20.9 Å². The molecule has 0 atom stereocenters. The molecular weight excluding hydrogens is 315 g/mol. The summed E-state index contributed by atoms with van der Waals surface area (Å²) < 4.78 is 15.7. The summed E-state index contributed by atoms with van der Waals surface area (Å²) in [6.45, 7) is 0. The summed E-state index contributed by atoms with van der Waals surface area (Å²) in [5.74, 6) is -1.45. The van der Waals surface area contributed by atoms with Gasteiger partial charge in [0.25, 0.3) is 0 Å². The van der Waals surface area contributed by atoms with E-state index in [0.29, 0.717) is 4.47 Å². The smallest absolute Gasteiger partial charge is 0.205 e. The molecule has 0 bridgehead atoms. The first-order valence-corrected chi connectivity index (χ1v) is 6.27. The highest BCUT2D eigenvalue weighted by molar-refractivity contribution is 9.10. The monoisotopic (exact) mass is 324 g/mol. The summed E-state index contributed by atoms with van der Waals surface area (Å²) in [5, 5.41) is 0. The van der Waals surface area contributed by atoms with Crippen LogP contribution in [0.1, 0.15) is 27.4 Å². The van der Waals surface area contributed by atoms with Gasteiger partial charge in [0, 0.05) is 23.9 Å². The summed E-state index contributed by atoms with van der Waals surface area (Å²) in [7, 11) is 1.66. The Balaban J connectivity index is 2.18. The largest absolute Gasteiger partial charge is 0.332 e. The second-order valence-electron chi connectivity index (χ2n) is 4.01. The summed E-state index contributed by atoms with van der Waals surface area (Å²) >= 11 is 3.11. The third-order valence-corrected chi connectivity index (χ3v) is 3.12. The molecule has 1 heterocycles. The minimum atomic E-state index is -0.646. The highest BCUT2D eigenvalue weighted by Gasteiger charge is 2.19. The molecule has 2 rings (SSSR count). The van der Waals surface area contributed by atoms with Crippen LogP contribution in [-0.4, -0.2) is 21.1 Å². The van der Waals surface area contributed by atoms with E-state index in [1.54, 1.807) is 19.3 Å². The number of rotatable bonds is 4. The molecule has 0 unspecified atom stereocenters. The fourth-order valence-corrected chi connectivity index (χ4v) is 2.00. The van der Waals surface area contributed by atoms with Crippen LogP contribution < -0.4 is 0 Å². The normalized spacial score (nSPS) is 10.5. The van der Waals surface area contributed by atoms with Gasteiger partial charge in [-0.25, -0.2) is 9.37 Å². The van der Waals surface area contributed by atoms with Crippen LogP contribution in [-0.2, 0) is 7.05 Å². The van der Waals surface area contributed by atoms with Crippen LogP contribution in [0.5, 0.6) is 0 Å². The lowest BCUT2D eigenvalue weighted by atomic mass is 10.1. The lowest BCUT2D eigenvalue weighted by molar-refractivity contribution is 0.0885. The number of nitrogens with zero attached hydrogens (tertiary/aromatic N) is 2. The van der Waals surface area contributed by atoms with Crippen molar-refractivity contribution in [2.45, 2.75) is 6.42 Å². The highest BCUT2D eigenvalue weighted by Crippen LogP contribution is 2.17. The Labute approximate surface area is 117 Å². The molecule has 6 heteroatoms. The number of ketones is 2.